The van der Waals surface area contributed by atoms with Gasteiger partial charge in [-0.1, -0.05) is 30.3 Å². The van der Waals surface area contributed by atoms with Gasteiger partial charge < -0.3 is 25.6 Å². The minimum Gasteiger partial charge on any atom is -0.497 e. The topological polar surface area (TPSA) is 117 Å². The first-order valence-electron chi connectivity index (χ1n) is 11.0. The fourth-order valence-electron chi connectivity index (χ4n) is 3.71. The Balaban J connectivity index is 1.39. The van der Waals surface area contributed by atoms with Crippen LogP contribution >= 0.6 is 0 Å². The summed E-state index contributed by atoms with van der Waals surface area (Å²) in [4.78, 5) is 51.6. The van der Waals surface area contributed by atoms with Crippen LogP contribution in [0.5, 0.6) is 5.75 Å². The molecule has 0 spiro atoms. The zero-order valence-corrected chi connectivity index (χ0v) is 19.0. The number of carbonyl (C=O) groups is 4. The molecule has 0 atom stereocenters. The van der Waals surface area contributed by atoms with Crippen LogP contribution in [0.3, 0.4) is 0 Å². The number of nitrogens with one attached hydrogen (secondary N) is 3. The van der Waals surface area contributed by atoms with Crippen molar-refractivity contribution in [3.05, 3.63) is 78.4 Å². The second-order valence-corrected chi connectivity index (χ2v) is 7.83. The highest BCUT2D eigenvalue weighted by atomic mass is 16.5. The van der Waals surface area contributed by atoms with E-state index in [9.17, 15) is 19.2 Å². The lowest BCUT2D eigenvalue weighted by atomic mass is 10.1. The molecule has 1 aliphatic rings. The predicted molar refractivity (Wildman–Crippen MR) is 133 cm³/mol. The maximum atomic E-state index is 12.8. The first-order chi connectivity index (χ1) is 16.9. The van der Waals surface area contributed by atoms with E-state index in [-0.39, 0.29) is 36.8 Å². The molecule has 35 heavy (non-hydrogen) atoms. The molecule has 0 aromatic heterocycles. The van der Waals surface area contributed by atoms with Gasteiger partial charge in [0.05, 0.1) is 29.7 Å². The lowest BCUT2D eigenvalue weighted by molar-refractivity contribution is -0.124. The number of benzene rings is 3. The summed E-state index contributed by atoms with van der Waals surface area (Å²) in [7, 11) is 1.54. The minimum atomic E-state index is -0.422. The third kappa shape index (κ3) is 5.64. The van der Waals surface area contributed by atoms with Gasteiger partial charge in [0.15, 0.2) is 0 Å². The summed E-state index contributed by atoms with van der Waals surface area (Å²) < 4.78 is 5.17. The molecule has 0 aliphatic carbocycles. The van der Waals surface area contributed by atoms with Crippen LogP contribution in [0, 0.1) is 0 Å². The van der Waals surface area contributed by atoms with Crippen molar-refractivity contribution >= 4 is 46.4 Å². The van der Waals surface area contributed by atoms with Gasteiger partial charge in [0.25, 0.3) is 5.91 Å². The van der Waals surface area contributed by atoms with Gasteiger partial charge >= 0.3 is 0 Å². The number of para-hydroxylation sites is 3. The Hall–Kier alpha value is -4.66. The van der Waals surface area contributed by atoms with Gasteiger partial charge in [0.2, 0.25) is 17.7 Å². The Bertz CT molecular complexity index is 1290. The summed E-state index contributed by atoms with van der Waals surface area (Å²) >= 11 is 0. The summed E-state index contributed by atoms with van der Waals surface area (Å²) in [6.07, 6.45) is -0.198. The molecule has 9 nitrogen and oxygen atoms in total. The molecule has 0 saturated heterocycles. The monoisotopic (exact) mass is 472 g/mol. The quantitative estimate of drug-likeness (QED) is 0.485. The van der Waals surface area contributed by atoms with Crippen molar-refractivity contribution in [2.24, 2.45) is 0 Å². The summed E-state index contributed by atoms with van der Waals surface area (Å²) in [5.74, 6) is -0.859. The van der Waals surface area contributed by atoms with Crippen molar-refractivity contribution in [2.45, 2.75) is 12.8 Å². The Morgan fingerprint density at radius 2 is 1.71 bits per heavy atom. The Kier molecular flexibility index (Phi) is 7.06. The fourth-order valence-corrected chi connectivity index (χ4v) is 3.71. The van der Waals surface area contributed by atoms with E-state index in [4.69, 9.17) is 4.74 Å². The van der Waals surface area contributed by atoms with E-state index >= 15 is 0 Å². The van der Waals surface area contributed by atoms with Crippen molar-refractivity contribution in [3.8, 4) is 5.75 Å². The molecule has 1 heterocycles. The Labute approximate surface area is 202 Å². The summed E-state index contributed by atoms with van der Waals surface area (Å²) in [6.45, 7) is -0.106. The summed E-state index contributed by atoms with van der Waals surface area (Å²) in [5, 5.41) is 8.22. The molecular formula is C26H24N4O5. The molecule has 3 aromatic rings. The average molecular weight is 473 g/mol. The van der Waals surface area contributed by atoms with Crippen LogP contribution in [0.2, 0.25) is 0 Å². The SMILES string of the molecule is COc1cccc(NC(=O)c2ccccc2NC(=O)CCC(=O)N2CC(=O)Nc3ccccc32)c1. The number of nitrogens with zero attached hydrogens (tertiary/aromatic N) is 1. The standard InChI is InChI=1S/C26H24N4O5/c1-35-18-8-6-7-17(15-18)27-26(34)19-9-2-3-10-20(19)28-23(31)13-14-25(33)30-16-24(32)29-21-11-4-5-12-22(21)30/h2-12,15H,13-14,16H2,1H3,(H,27,34)(H,28,31)(H,29,32). The number of hydrogen-bond donors (Lipinski definition) is 3. The number of hydrogen-bond acceptors (Lipinski definition) is 5. The van der Waals surface area contributed by atoms with E-state index < -0.39 is 11.8 Å². The molecule has 0 radical (unpaired) electrons. The summed E-state index contributed by atoms with van der Waals surface area (Å²) in [5.41, 5.74) is 2.30. The summed E-state index contributed by atoms with van der Waals surface area (Å²) in [6, 6.07) is 20.5. The number of fused-ring (bicyclic) bond motifs is 1. The van der Waals surface area contributed by atoms with Gasteiger partial charge in [0.1, 0.15) is 12.3 Å². The second kappa shape index (κ2) is 10.5. The maximum absolute atomic E-state index is 12.8. The van der Waals surface area contributed by atoms with Gasteiger partial charge in [-0.05, 0) is 36.4 Å². The number of rotatable bonds is 7. The molecular weight excluding hydrogens is 448 g/mol. The average Bonchev–Trinajstić information content (AvgIpc) is 2.87. The molecule has 0 bridgehead atoms. The van der Waals surface area contributed by atoms with Gasteiger partial charge in [-0.15, -0.1) is 0 Å². The zero-order chi connectivity index (χ0) is 24.8. The molecule has 178 valence electrons. The van der Waals surface area contributed by atoms with Crippen LogP contribution < -0.4 is 25.6 Å². The van der Waals surface area contributed by atoms with Crippen LogP contribution in [0.25, 0.3) is 0 Å². The molecule has 4 amide bonds. The predicted octanol–water partition coefficient (Wildman–Crippen LogP) is 3.65. The number of ether oxygens (including phenoxy) is 1. The Morgan fingerprint density at radius 1 is 0.943 bits per heavy atom. The maximum Gasteiger partial charge on any atom is 0.257 e. The number of amides is 4. The highest BCUT2D eigenvalue weighted by molar-refractivity contribution is 6.12. The van der Waals surface area contributed by atoms with Crippen molar-refractivity contribution in [1.29, 1.82) is 0 Å². The highest BCUT2D eigenvalue weighted by Gasteiger charge is 2.26. The van der Waals surface area contributed by atoms with Crippen molar-refractivity contribution in [3.63, 3.8) is 0 Å². The van der Waals surface area contributed by atoms with E-state index in [0.29, 0.717) is 28.5 Å². The molecule has 3 aromatic carbocycles. The van der Waals surface area contributed by atoms with Gasteiger partial charge in [-0.3, -0.25) is 19.2 Å². The molecule has 0 saturated carbocycles. The largest absolute Gasteiger partial charge is 0.497 e. The van der Waals surface area contributed by atoms with E-state index in [2.05, 4.69) is 16.0 Å². The third-order valence-corrected chi connectivity index (χ3v) is 5.41. The molecule has 4 rings (SSSR count). The van der Waals surface area contributed by atoms with Crippen LogP contribution in [0.15, 0.2) is 72.8 Å². The van der Waals surface area contributed by atoms with Crippen LogP contribution in [0.4, 0.5) is 22.7 Å². The smallest absolute Gasteiger partial charge is 0.257 e. The van der Waals surface area contributed by atoms with E-state index in [1.165, 1.54) is 12.0 Å². The number of carbonyl (C=O) groups excluding carboxylic acids is 4. The molecule has 0 fully saturated rings. The van der Waals surface area contributed by atoms with Gasteiger partial charge in [0, 0.05) is 24.6 Å². The van der Waals surface area contributed by atoms with E-state index in [1.54, 1.807) is 72.8 Å². The number of methoxy groups -OCH3 is 1. The lowest BCUT2D eigenvalue weighted by Gasteiger charge is -2.29. The molecule has 3 N–H and O–H groups in total. The Morgan fingerprint density at radius 3 is 2.54 bits per heavy atom. The third-order valence-electron chi connectivity index (χ3n) is 5.41. The lowest BCUT2D eigenvalue weighted by Crippen LogP contribution is -2.42. The minimum absolute atomic E-state index is 0.0916. The van der Waals surface area contributed by atoms with Crippen molar-refractivity contribution < 1.29 is 23.9 Å². The van der Waals surface area contributed by atoms with Crippen LogP contribution in [-0.2, 0) is 14.4 Å². The number of anilines is 4. The molecule has 1 aliphatic heterocycles. The van der Waals surface area contributed by atoms with Gasteiger partial charge in [-0.2, -0.15) is 0 Å². The first kappa shape index (κ1) is 23.5. The second-order valence-electron chi connectivity index (χ2n) is 7.83. The van der Waals surface area contributed by atoms with E-state index in [1.807, 2.05) is 0 Å². The van der Waals surface area contributed by atoms with E-state index in [0.717, 1.165) is 0 Å². The van der Waals surface area contributed by atoms with Crippen LogP contribution in [0.1, 0.15) is 23.2 Å². The normalized spacial score (nSPS) is 12.3. The van der Waals surface area contributed by atoms with Gasteiger partial charge in [-0.25, -0.2) is 0 Å². The van der Waals surface area contributed by atoms with Crippen molar-refractivity contribution in [1.82, 2.24) is 0 Å². The highest BCUT2D eigenvalue weighted by Crippen LogP contribution is 2.29. The van der Waals surface area contributed by atoms with Crippen molar-refractivity contribution in [2.75, 3.05) is 34.5 Å². The molecule has 0 unspecified atom stereocenters. The first-order valence-corrected chi connectivity index (χ1v) is 11.0. The zero-order valence-electron chi connectivity index (χ0n) is 19.0. The molecule has 9 heteroatoms. The van der Waals surface area contributed by atoms with Crippen LogP contribution in [-0.4, -0.2) is 37.3 Å². The fraction of sp³-hybridized carbons (Fsp3) is 0.154.